The summed E-state index contributed by atoms with van der Waals surface area (Å²) in [6, 6.07) is 12.1. The van der Waals surface area contributed by atoms with Crippen LogP contribution >= 0.6 is 0 Å². The Hall–Kier alpha value is -3.08. The fourth-order valence-corrected chi connectivity index (χ4v) is 4.61. The van der Waals surface area contributed by atoms with Gasteiger partial charge in [0.1, 0.15) is 18.1 Å². The lowest BCUT2D eigenvalue weighted by Gasteiger charge is -2.20. The van der Waals surface area contributed by atoms with Crippen LogP contribution < -0.4 is 4.74 Å². The number of carbonyl (C=O) groups excluding carboxylic acids is 2. The minimum Gasteiger partial charge on any atom is -0.492 e. The van der Waals surface area contributed by atoms with Crippen molar-refractivity contribution in [3.05, 3.63) is 69.9 Å². The molecule has 31 heavy (non-hydrogen) atoms. The van der Waals surface area contributed by atoms with Crippen molar-refractivity contribution in [2.75, 3.05) is 26.2 Å². The highest BCUT2D eigenvalue weighted by atomic mass is 16.5. The average molecular weight is 419 g/mol. The van der Waals surface area contributed by atoms with E-state index in [1.54, 1.807) is 0 Å². The van der Waals surface area contributed by atoms with Gasteiger partial charge >= 0.3 is 0 Å². The van der Waals surface area contributed by atoms with Gasteiger partial charge in [-0.15, -0.1) is 0 Å². The molecule has 2 amide bonds. The molecular weight excluding hydrogens is 388 g/mol. The van der Waals surface area contributed by atoms with Gasteiger partial charge in [-0.25, -0.2) is 0 Å². The molecule has 0 saturated carbocycles. The van der Waals surface area contributed by atoms with Gasteiger partial charge < -0.3 is 9.64 Å². The molecule has 0 atom stereocenters. The summed E-state index contributed by atoms with van der Waals surface area (Å²) < 4.78 is 5.89. The van der Waals surface area contributed by atoms with Gasteiger partial charge in [0.25, 0.3) is 11.8 Å². The zero-order valence-corrected chi connectivity index (χ0v) is 18.8. The highest BCUT2D eigenvalue weighted by molar-refractivity contribution is 6.35. The first-order valence-corrected chi connectivity index (χ1v) is 11.0. The number of likely N-dealkylation sites (tertiary alicyclic amines) is 1. The molecule has 0 radical (unpaired) electrons. The van der Waals surface area contributed by atoms with Crippen molar-refractivity contribution in [3.63, 3.8) is 0 Å². The zero-order chi connectivity index (χ0) is 22.1. The topological polar surface area (TPSA) is 49.9 Å². The molecule has 0 aromatic heterocycles. The van der Waals surface area contributed by atoms with Crippen molar-refractivity contribution in [1.82, 2.24) is 9.80 Å². The Morgan fingerprint density at radius 3 is 2.16 bits per heavy atom. The first kappa shape index (κ1) is 21.2. The summed E-state index contributed by atoms with van der Waals surface area (Å²) in [6.45, 7) is 10.2. The fraction of sp³-hybridized carbons (Fsp3) is 0.385. The van der Waals surface area contributed by atoms with E-state index in [1.807, 2.05) is 52.0 Å². The summed E-state index contributed by atoms with van der Waals surface area (Å²) in [6.07, 6.45) is 2.09. The predicted molar refractivity (Wildman–Crippen MR) is 122 cm³/mol. The van der Waals surface area contributed by atoms with E-state index in [9.17, 15) is 9.59 Å². The molecule has 2 heterocycles. The number of rotatable bonds is 6. The van der Waals surface area contributed by atoms with E-state index in [4.69, 9.17) is 4.74 Å². The van der Waals surface area contributed by atoms with Crippen molar-refractivity contribution in [2.45, 2.75) is 40.5 Å². The lowest BCUT2D eigenvalue weighted by atomic mass is 9.97. The smallest absolute Gasteiger partial charge is 0.277 e. The molecule has 2 aromatic carbocycles. The van der Waals surface area contributed by atoms with E-state index in [0.717, 1.165) is 59.5 Å². The number of aryl methyl sites for hydroxylation is 4. The summed E-state index contributed by atoms with van der Waals surface area (Å²) in [7, 11) is 0. The minimum atomic E-state index is -0.220. The first-order valence-electron chi connectivity index (χ1n) is 11.0. The molecule has 1 saturated heterocycles. The zero-order valence-electron chi connectivity index (χ0n) is 18.8. The fourth-order valence-electron chi connectivity index (χ4n) is 4.61. The van der Waals surface area contributed by atoms with Crippen LogP contribution in [0.2, 0.25) is 0 Å². The molecule has 0 aliphatic carbocycles. The molecule has 2 aromatic rings. The average Bonchev–Trinajstić information content (AvgIpc) is 3.29. The Morgan fingerprint density at radius 1 is 0.839 bits per heavy atom. The summed E-state index contributed by atoms with van der Waals surface area (Å²) in [5, 5.41) is 0. The van der Waals surface area contributed by atoms with Crippen molar-refractivity contribution >= 4 is 17.4 Å². The Morgan fingerprint density at radius 2 is 1.52 bits per heavy atom. The number of ether oxygens (including phenoxy) is 1. The van der Waals surface area contributed by atoms with Gasteiger partial charge in [-0.05, 0) is 74.9 Å². The number of hydrogen-bond donors (Lipinski definition) is 0. The Balaban J connectivity index is 1.59. The summed E-state index contributed by atoms with van der Waals surface area (Å²) in [5.74, 6) is 0.340. The molecule has 2 aliphatic rings. The van der Waals surface area contributed by atoms with Crippen LogP contribution in [0.25, 0.3) is 5.57 Å². The second-order valence-electron chi connectivity index (χ2n) is 8.67. The molecular formula is C26H30N2O3. The third-order valence-corrected chi connectivity index (χ3v) is 6.00. The van der Waals surface area contributed by atoms with E-state index in [2.05, 4.69) is 17.0 Å². The van der Waals surface area contributed by atoms with Crippen LogP contribution in [0.5, 0.6) is 5.75 Å². The normalized spacial score (nSPS) is 16.6. The van der Waals surface area contributed by atoms with Crippen LogP contribution in [-0.4, -0.2) is 47.9 Å². The summed E-state index contributed by atoms with van der Waals surface area (Å²) in [4.78, 5) is 30.2. The van der Waals surface area contributed by atoms with Gasteiger partial charge in [-0.3, -0.25) is 14.5 Å². The van der Waals surface area contributed by atoms with Crippen molar-refractivity contribution in [3.8, 4) is 5.75 Å². The lowest BCUT2D eigenvalue weighted by molar-refractivity contribution is -0.137. The van der Waals surface area contributed by atoms with Gasteiger partial charge in [0.2, 0.25) is 0 Å². The SMILES string of the molecule is Cc1cc(C)cc(OCCN2C(=O)C(c3ccc(C)cc3C)=C(N3CCCC3)C2=O)c1. The summed E-state index contributed by atoms with van der Waals surface area (Å²) in [5.41, 5.74) is 6.35. The number of carbonyl (C=O) groups is 2. The number of imide groups is 1. The molecule has 5 nitrogen and oxygen atoms in total. The lowest BCUT2D eigenvalue weighted by Crippen LogP contribution is -2.37. The third-order valence-electron chi connectivity index (χ3n) is 6.00. The number of benzene rings is 2. The molecule has 0 unspecified atom stereocenters. The summed E-state index contributed by atoms with van der Waals surface area (Å²) >= 11 is 0. The van der Waals surface area contributed by atoms with Crippen LogP contribution in [-0.2, 0) is 9.59 Å². The van der Waals surface area contributed by atoms with Gasteiger partial charge in [0.15, 0.2) is 0 Å². The minimum absolute atomic E-state index is 0.203. The quantitative estimate of drug-likeness (QED) is 0.661. The first-order chi connectivity index (χ1) is 14.8. The van der Waals surface area contributed by atoms with Crippen molar-refractivity contribution in [2.24, 2.45) is 0 Å². The molecule has 0 spiro atoms. The van der Waals surface area contributed by atoms with E-state index >= 15 is 0 Å². The highest BCUT2D eigenvalue weighted by Gasteiger charge is 2.42. The number of nitrogens with zero attached hydrogens (tertiary/aromatic N) is 2. The van der Waals surface area contributed by atoms with E-state index < -0.39 is 0 Å². The second-order valence-corrected chi connectivity index (χ2v) is 8.67. The van der Waals surface area contributed by atoms with Gasteiger partial charge in [-0.1, -0.05) is 29.8 Å². The van der Waals surface area contributed by atoms with Crippen molar-refractivity contribution in [1.29, 1.82) is 0 Å². The van der Waals surface area contributed by atoms with Gasteiger partial charge in [-0.2, -0.15) is 0 Å². The van der Waals surface area contributed by atoms with Gasteiger partial charge in [0.05, 0.1) is 12.1 Å². The Labute approximate surface area is 184 Å². The number of amides is 2. The van der Waals surface area contributed by atoms with E-state index in [0.29, 0.717) is 11.3 Å². The third kappa shape index (κ3) is 4.22. The van der Waals surface area contributed by atoms with E-state index in [-0.39, 0.29) is 25.0 Å². The largest absolute Gasteiger partial charge is 0.492 e. The Bertz CT molecular complexity index is 1040. The Kier molecular flexibility index (Phi) is 5.86. The standard InChI is InChI=1S/C26H30N2O3/c1-17-7-8-22(20(4)14-17)23-24(27-9-5-6-10-27)26(30)28(25(23)29)11-12-31-21-15-18(2)13-19(3)16-21/h7-8,13-16H,5-6,9-12H2,1-4H3. The van der Waals surface area contributed by atoms with Gasteiger partial charge in [0, 0.05) is 13.1 Å². The molecule has 4 rings (SSSR count). The molecule has 162 valence electrons. The maximum absolute atomic E-state index is 13.4. The molecule has 2 aliphatic heterocycles. The van der Waals surface area contributed by atoms with Crippen LogP contribution in [0, 0.1) is 27.7 Å². The molecule has 0 bridgehead atoms. The van der Waals surface area contributed by atoms with Crippen LogP contribution in [0.1, 0.15) is 40.7 Å². The highest BCUT2D eigenvalue weighted by Crippen LogP contribution is 2.35. The maximum atomic E-state index is 13.4. The van der Waals surface area contributed by atoms with Crippen LogP contribution in [0.15, 0.2) is 42.1 Å². The molecule has 1 fully saturated rings. The second kappa shape index (κ2) is 8.58. The predicted octanol–water partition coefficient (Wildman–Crippen LogP) is 4.17. The maximum Gasteiger partial charge on any atom is 0.277 e. The van der Waals surface area contributed by atoms with E-state index in [1.165, 1.54) is 4.90 Å². The van der Waals surface area contributed by atoms with Crippen molar-refractivity contribution < 1.29 is 14.3 Å². The molecule has 5 heteroatoms. The van der Waals surface area contributed by atoms with Crippen LogP contribution in [0.3, 0.4) is 0 Å². The molecule has 0 N–H and O–H groups in total. The monoisotopic (exact) mass is 418 g/mol. The number of hydrogen-bond acceptors (Lipinski definition) is 4. The van der Waals surface area contributed by atoms with Crippen LogP contribution in [0.4, 0.5) is 0 Å².